The molecular formula is C19H20N2O4. The number of benzene rings is 1. The quantitative estimate of drug-likeness (QED) is 0.809. The normalized spacial score (nSPS) is 21.0. The summed E-state index contributed by atoms with van der Waals surface area (Å²) in [5, 5.41) is 3.23. The van der Waals surface area contributed by atoms with E-state index in [0.29, 0.717) is 24.3 Å². The molecule has 6 nitrogen and oxygen atoms in total. The van der Waals surface area contributed by atoms with E-state index in [4.69, 9.17) is 4.42 Å². The molecule has 0 spiro atoms. The lowest BCUT2D eigenvalue weighted by atomic mass is 9.86. The number of rotatable bonds is 1. The monoisotopic (exact) mass is 340 g/mol. The van der Waals surface area contributed by atoms with Crippen LogP contribution in [0.25, 0.3) is 11.0 Å². The third-order valence-electron chi connectivity index (χ3n) is 5.03. The molecule has 1 aromatic carbocycles. The highest BCUT2D eigenvalue weighted by molar-refractivity contribution is 6.06. The van der Waals surface area contributed by atoms with E-state index in [0.717, 1.165) is 16.5 Å². The molecule has 2 aliphatic heterocycles. The van der Waals surface area contributed by atoms with Crippen molar-refractivity contribution in [3.05, 3.63) is 35.1 Å². The molecule has 4 rings (SSSR count). The molecule has 0 bridgehead atoms. The largest absolute Gasteiger partial charge is 0.451 e. The third-order valence-corrected chi connectivity index (χ3v) is 5.03. The number of imide groups is 1. The van der Waals surface area contributed by atoms with Gasteiger partial charge in [-0.2, -0.15) is 0 Å². The molecule has 3 amide bonds. The van der Waals surface area contributed by atoms with Crippen molar-refractivity contribution in [2.75, 3.05) is 0 Å². The van der Waals surface area contributed by atoms with Gasteiger partial charge in [-0.1, -0.05) is 26.8 Å². The summed E-state index contributed by atoms with van der Waals surface area (Å²) in [4.78, 5) is 37.7. The molecule has 0 radical (unpaired) electrons. The zero-order chi connectivity index (χ0) is 17.9. The van der Waals surface area contributed by atoms with Gasteiger partial charge in [-0.3, -0.25) is 19.7 Å². The number of carbonyl (C=O) groups excluding carboxylic acids is 3. The number of carbonyl (C=O) groups is 3. The molecule has 0 saturated carbocycles. The molecule has 1 aromatic heterocycles. The zero-order valence-corrected chi connectivity index (χ0v) is 14.5. The van der Waals surface area contributed by atoms with Crippen LogP contribution in [0.3, 0.4) is 0 Å². The number of amides is 3. The first kappa shape index (κ1) is 15.9. The van der Waals surface area contributed by atoms with Gasteiger partial charge in [-0.25, -0.2) is 0 Å². The molecule has 1 fully saturated rings. The number of nitrogens with one attached hydrogen (secondary N) is 1. The van der Waals surface area contributed by atoms with Crippen LogP contribution in [0, 0.1) is 0 Å². The lowest BCUT2D eigenvalue weighted by Crippen LogP contribution is -2.52. The van der Waals surface area contributed by atoms with E-state index in [1.165, 1.54) is 4.90 Å². The predicted molar refractivity (Wildman–Crippen MR) is 91.0 cm³/mol. The van der Waals surface area contributed by atoms with Crippen LogP contribution in [0.15, 0.2) is 22.6 Å². The van der Waals surface area contributed by atoms with Crippen LogP contribution in [-0.4, -0.2) is 28.7 Å². The van der Waals surface area contributed by atoms with Crippen LogP contribution in [0.1, 0.15) is 55.3 Å². The van der Waals surface area contributed by atoms with E-state index in [2.05, 4.69) is 32.2 Å². The molecule has 1 atom stereocenters. The van der Waals surface area contributed by atoms with Gasteiger partial charge in [0.05, 0.1) is 6.54 Å². The molecule has 6 heteroatoms. The second-order valence-electron chi connectivity index (χ2n) is 7.77. The molecule has 2 aliphatic rings. The van der Waals surface area contributed by atoms with Crippen molar-refractivity contribution < 1.29 is 18.8 Å². The Hall–Kier alpha value is -2.63. The summed E-state index contributed by atoms with van der Waals surface area (Å²) in [6, 6.07) is 5.37. The molecule has 25 heavy (non-hydrogen) atoms. The second-order valence-corrected chi connectivity index (χ2v) is 7.77. The van der Waals surface area contributed by atoms with Gasteiger partial charge in [0.25, 0.3) is 5.91 Å². The Bertz CT molecular complexity index is 919. The minimum Gasteiger partial charge on any atom is -0.451 e. The highest BCUT2D eigenvalue weighted by atomic mass is 16.3. The topological polar surface area (TPSA) is 79.6 Å². The van der Waals surface area contributed by atoms with Crippen molar-refractivity contribution in [2.24, 2.45) is 0 Å². The first-order chi connectivity index (χ1) is 11.8. The van der Waals surface area contributed by atoms with Gasteiger partial charge in [-0.05, 0) is 29.5 Å². The fraction of sp³-hybridized carbons (Fsp3) is 0.421. The summed E-state index contributed by atoms with van der Waals surface area (Å²) in [6.07, 6.45) is 0.600. The molecule has 1 saturated heterocycles. The van der Waals surface area contributed by atoms with E-state index in [9.17, 15) is 14.4 Å². The highest BCUT2D eigenvalue weighted by Crippen LogP contribution is 2.37. The maximum Gasteiger partial charge on any atom is 0.290 e. The minimum atomic E-state index is -0.617. The summed E-state index contributed by atoms with van der Waals surface area (Å²) in [5.74, 6) is -0.664. The first-order valence-electron chi connectivity index (χ1n) is 8.46. The fourth-order valence-corrected chi connectivity index (χ4v) is 3.55. The zero-order valence-electron chi connectivity index (χ0n) is 14.5. The van der Waals surface area contributed by atoms with Gasteiger partial charge in [0.15, 0.2) is 5.76 Å². The van der Waals surface area contributed by atoms with Crippen LogP contribution in [0.5, 0.6) is 0 Å². The van der Waals surface area contributed by atoms with Crippen molar-refractivity contribution in [2.45, 2.75) is 51.6 Å². The van der Waals surface area contributed by atoms with E-state index < -0.39 is 11.9 Å². The Kier molecular flexibility index (Phi) is 3.29. The fourth-order valence-electron chi connectivity index (χ4n) is 3.55. The average molecular weight is 340 g/mol. The van der Waals surface area contributed by atoms with Crippen molar-refractivity contribution in [1.82, 2.24) is 10.2 Å². The van der Waals surface area contributed by atoms with Crippen molar-refractivity contribution in [3.63, 3.8) is 0 Å². The Morgan fingerprint density at radius 2 is 1.96 bits per heavy atom. The molecule has 3 heterocycles. The standard InChI is InChI=1S/C19H20N2O4/c1-19(2,3)10-4-6-14-11(8-10)12-9-21(18(24)16(12)25-14)13-5-7-15(22)20-17(13)23/h4,6,8,13H,5,7,9H2,1-3H3,(H,20,22,23). The van der Waals surface area contributed by atoms with Crippen LogP contribution in [-0.2, 0) is 21.5 Å². The summed E-state index contributed by atoms with van der Waals surface area (Å²) < 4.78 is 5.78. The lowest BCUT2D eigenvalue weighted by Gasteiger charge is -2.29. The van der Waals surface area contributed by atoms with Crippen molar-refractivity contribution in [3.8, 4) is 0 Å². The van der Waals surface area contributed by atoms with Gasteiger partial charge in [-0.15, -0.1) is 0 Å². The van der Waals surface area contributed by atoms with Gasteiger partial charge in [0.1, 0.15) is 11.6 Å². The van der Waals surface area contributed by atoms with Crippen LogP contribution in [0.4, 0.5) is 0 Å². The Morgan fingerprint density at radius 1 is 1.20 bits per heavy atom. The van der Waals surface area contributed by atoms with Crippen LogP contribution >= 0.6 is 0 Å². The Balaban J connectivity index is 1.72. The number of hydrogen-bond acceptors (Lipinski definition) is 4. The number of hydrogen-bond donors (Lipinski definition) is 1. The van der Waals surface area contributed by atoms with E-state index in [1.807, 2.05) is 12.1 Å². The molecule has 1 unspecified atom stereocenters. The third kappa shape index (κ3) is 2.44. The van der Waals surface area contributed by atoms with Gasteiger partial charge < -0.3 is 9.32 Å². The summed E-state index contributed by atoms with van der Waals surface area (Å²) in [5.41, 5.74) is 2.67. The molecule has 130 valence electrons. The number of furan rings is 1. The summed E-state index contributed by atoms with van der Waals surface area (Å²) in [7, 11) is 0. The van der Waals surface area contributed by atoms with Crippen LogP contribution < -0.4 is 5.32 Å². The Morgan fingerprint density at radius 3 is 2.64 bits per heavy atom. The van der Waals surface area contributed by atoms with E-state index in [-0.39, 0.29) is 23.7 Å². The average Bonchev–Trinajstić information content (AvgIpc) is 3.03. The molecule has 1 N–H and O–H groups in total. The summed E-state index contributed by atoms with van der Waals surface area (Å²) in [6.45, 7) is 6.74. The maximum absolute atomic E-state index is 12.7. The Labute approximate surface area is 145 Å². The predicted octanol–water partition coefficient (Wildman–Crippen LogP) is 2.49. The van der Waals surface area contributed by atoms with Crippen molar-refractivity contribution >= 4 is 28.7 Å². The van der Waals surface area contributed by atoms with Gasteiger partial charge >= 0.3 is 0 Å². The summed E-state index contributed by atoms with van der Waals surface area (Å²) >= 11 is 0. The van der Waals surface area contributed by atoms with Crippen LogP contribution in [0.2, 0.25) is 0 Å². The second kappa shape index (κ2) is 5.18. The lowest BCUT2D eigenvalue weighted by molar-refractivity contribution is -0.136. The van der Waals surface area contributed by atoms with Gasteiger partial charge in [0.2, 0.25) is 11.8 Å². The first-order valence-corrected chi connectivity index (χ1v) is 8.46. The number of piperidine rings is 1. The van der Waals surface area contributed by atoms with E-state index >= 15 is 0 Å². The number of fused-ring (bicyclic) bond motifs is 3. The molecule has 0 aliphatic carbocycles. The van der Waals surface area contributed by atoms with E-state index in [1.54, 1.807) is 0 Å². The van der Waals surface area contributed by atoms with Gasteiger partial charge in [0, 0.05) is 17.4 Å². The van der Waals surface area contributed by atoms with Crippen molar-refractivity contribution in [1.29, 1.82) is 0 Å². The molecular weight excluding hydrogens is 320 g/mol. The smallest absolute Gasteiger partial charge is 0.290 e. The highest BCUT2D eigenvalue weighted by Gasteiger charge is 2.42. The minimum absolute atomic E-state index is 0.00966. The SMILES string of the molecule is CC(C)(C)c1ccc2oc3c(c2c1)CN(C1CCC(=O)NC1=O)C3=O. The maximum atomic E-state index is 12.7. The molecule has 2 aromatic rings. The number of nitrogens with zero attached hydrogens (tertiary/aromatic N) is 1.